The molecule has 84 valence electrons. The van der Waals surface area contributed by atoms with Gasteiger partial charge in [-0.3, -0.25) is 0 Å². The summed E-state index contributed by atoms with van der Waals surface area (Å²) in [5.74, 6) is 0. The summed E-state index contributed by atoms with van der Waals surface area (Å²) >= 11 is 5.59. The van der Waals surface area contributed by atoms with Crippen LogP contribution in [-0.2, 0) is 0 Å². The Bertz CT molecular complexity index is 342. The molecule has 0 saturated heterocycles. The summed E-state index contributed by atoms with van der Waals surface area (Å²) in [7, 11) is 0. The molecule has 2 nitrogen and oxygen atoms in total. The summed E-state index contributed by atoms with van der Waals surface area (Å²) in [6.45, 7) is 0. The van der Waals surface area contributed by atoms with Crippen molar-refractivity contribution >= 4 is 11.6 Å². The van der Waals surface area contributed by atoms with E-state index in [9.17, 15) is 13.2 Å². The number of rotatable bonds is 2. The molecule has 1 aromatic carbocycles. The van der Waals surface area contributed by atoms with Crippen LogP contribution in [0.1, 0.15) is 11.6 Å². The van der Waals surface area contributed by atoms with Crippen LogP contribution in [0.5, 0.6) is 0 Å². The van der Waals surface area contributed by atoms with Gasteiger partial charge < -0.3 is 10.8 Å². The van der Waals surface area contributed by atoms with Crippen molar-refractivity contribution in [2.24, 2.45) is 5.73 Å². The Balaban J connectivity index is 2.90. The number of aliphatic hydroxyl groups excluding tert-OH is 1. The summed E-state index contributed by atoms with van der Waals surface area (Å²) in [5, 5.41) is 9.18. The SMILES string of the molecule is N[C@@H](c1cccc(Cl)c1)[C@H](O)C(F)(F)F. The molecule has 2 atom stereocenters. The van der Waals surface area contributed by atoms with Crippen LogP contribution in [0.2, 0.25) is 5.02 Å². The Hall–Kier alpha value is -0.780. The van der Waals surface area contributed by atoms with Crippen molar-refractivity contribution in [1.82, 2.24) is 0 Å². The van der Waals surface area contributed by atoms with Crippen LogP contribution in [0, 0.1) is 0 Å². The summed E-state index contributed by atoms with van der Waals surface area (Å²) in [5.41, 5.74) is 5.41. The zero-order valence-corrected chi connectivity index (χ0v) is 8.26. The third kappa shape index (κ3) is 3.09. The fourth-order valence-corrected chi connectivity index (χ4v) is 1.30. The highest BCUT2D eigenvalue weighted by atomic mass is 35.5. The number of alkyl halides is 3. The first-order valence-corrected chi connectivity index (χ1v) is 4.46. The van der Waals surface area contributed by atoms with Gasteiger partial charge in [-0.15, -0.1) is 0 Å². The Morgan fingerprint density at radius 1 is 1.33 bits per heavy atom. The van der Waals surface area contributed by atoms with Crippen molar-refractivity contribution in [3.8, 4) is 0 Å². The highest BCUT2D eigenvalue weighted by Crippen LogP contribution is 2.29. The predicted octanol–water partition coefficient (Wildman–Crippen LogP) is 2.26. The van der Waals surface area contributed by atoms with E-state index in [1.807, 2.05) is 0 Å². The molecule has 6 heteroatoms. The lowest BCUT2D eigenvalue weighted by molar-refractivity contribution is -0.210. The van der Waals surface area contributed by atoms with Crippen LogP contribution in [0.3, 0.4) is 0 Å². The maximum atomic E-state index is 12.1. The van der Waals surface area contributed by atoms with E-state index in [4.69, 9.17) is 22.4 Å². The second-order valence-corrected chi connectivity index (χ2v) is 3.50. The minimum absolute atomic E-state index is 0.146. The first-order chi connectivity index (χ1) is 6.82. The average molecular weight is 240 g/mol. The van der Waals surface area contributed by atoms with Crippen LogP contribution < -0.4 is 5.73 Å². The summed E-state index contributed by atoms with van der Waals surface area (Å²) in [6, 6.07) is 4.13. The second kappa shape index (κ2) is 4.38. The molecule has 0 aromatic heterocycles. The van der Waals surface area contributed by atoms with Crippen LogP contribution in [0.4, 0.5) is 13.2 Å². The third-order valence-corrected chi connectivity index (χ3v) is 2.14. The van der Waals surface area contributed by atoms with E-state index < -0.39 is 18.3 Å². The standard InChI is InChI=1S/C9H9ClF3NO/c10-6-3-1-2-5(4-6)7(14)8(15)9(11,12)13/h1-4,7-8,15H,14H2/t7-,8-/m0/s1. The smallest absolute Gasteiger partial charge is 0.382 e. The van der Waals surface area contributed by atoms with Gasteiger partial charge in [-0.2, -0.15) is 13.2 Å². The van der Waals surface area contributed by atoms with E-state index >= 15 is 0 Å². The number of benzene rings is 1. The zero-order valence-electron chi connectivity index (χ0n) is 7.50. The first-order valence-electron chi connectivity index (χ1n) is 4.08. The third-order valence-electron chi connectivity index (χ3n) is 1.91. The van der Waals surface area contributed by atoms with Crippen LogP contribution >= 0.6 is 11.6 Å². The molecule has 0 amide bonds. The normalized spacial score (nSPS) is 16.1. The van der Waals surface area contributed by atoms with E-state index in [2.05, 4.69) is 0 Å². The zero-order chi connectivity index (χ0) is 11.6. The summed E-state index contributed by atoms with van der Waals surface area (Å²) < 4.78 is 36.4. The molecule has 0 fully saturated rings. The number of hydrogen-bond acceptors (Lipinski definition) is 2. The van der Waals surface area contributed by atoms with Gasteiger partial charge in [-0.05, 0) is 17.7 Å². The van der Waals surface area contributed by atoms with Gasteiger partial charge in [0.2, 0.25) is 0 Å². The van der Waals surface area contributed by atoms with Gasteiger partial charge in [-0.25, -0.2) is 0 Å². The van der Waals surface area contributed by atoms with Crippen LogP contribution in [0.15, 0.2) is 24.3 Å². The first kappa shape index (κ1) is 12.3. The van der Waals surface area contributed by atoms with Crippen molar-refractivity contribution in [2.75, 3.05) is 0 Å². The molecule has 15 heavy (non-hydrogen) atoms. The monoisotopic (exact) mass is 239 g/mol. The highest BCUT2D eigenvalue weighted by Gasteiger charge is 2.42. The maximum absolute atomic E-state index is 12.1. The minimum Gasteiger partial charge on any atom is -0.382 e. The van der Waals surface area contributed by atoms with E-state index in [0.29, 0.717) is 0 Å². The van der Waals surface area contributed by atoms with Gasteiger partial charge in [-0.1, -0.05) is 23.7 Å². The molecule has 0 bridgehead atoms. The van der Waals surface area contributed by atoms with Crippen molar-refractivity contribution in [3.63, 3.8) is 0 Å². The van der Waals surface area contributed by atoms with E-state index in [-0.39, 0.29) is 10.6 Å². The Morgan fingerprint density at radius 3 is 2.40 bits per heavy atom. The average Bonchev–Trinajstić information content (AvgIpc) is 2.14. The summed E-state index contributed by atoms with van der Waals surface area (Å²) in [4.78, 5) is 0. The fraction of sp³-hybridized carbons (Fsp3) is 0.333. The van der Waals surface area contributed by atoms with Gasteiger partial charge in [0.05, 0.1) is 6.04 Å². The van der Waals surface area contributed by atoms with Gasteiger partial charge in [0.1, 0.15) is 0 Å². The largest absolute Gasteiger partial charge is 0.416 e. The van der Waals surface area contributed by atoms with Crippen LogP contribution in [0.25, 0.3) is 0 Å². The maximum Gasteiger partial charge on any atom is 0.416 e. The van der Waals surface area contributed by atoms with Crippen molar-refractivity contribution < 1.29 is 18.3 Å². The van der Waals surface area contributed by atoms with Crippen molar-refractivity contribution in [2.45, 2.75) is 18.3 Å². The van der Waals surface area contributed by atoms with Gasteiger partial charge in [0.15, 0.2) is 6.10 Å². The molecule has 1 rings (SSSR count). The fourth-order valence-electron chi connectivity index (χ4n) is 1.10. The molecule has 0 heterocycles. The van der Waals surface area contributed by atoms with Gasteiger partial charge >= 0.3 is 6.18 Å². The number of hydrogen-bond donors (Lipinski definition) is 2. The molecule has 0 unspecified atom stereocenters. The highest BCUT2D eigenvalue weighted by molar-refractivity contribution is 6.30. The minimum atomic E-state index is -4.73. The molecule has 1 aromatic rings. The van der Waals surface area contributed by atoms with Gasteiger partial charge in [0, 0.05) is 5.02 Å². The molecule has 0 saturated carbocycles. The molecular formula is C9H9ClF3NO. The van der Waals surface area contributed by atoms with Crippen molar-refractivity contribution in [1.29, 1.82) is 0 Å². The summed E-state index contributed by atoms with van der Waals surface area (Å²) in [6.07, 6.45) is -7.32. The lowest BCUT2D eigenvalue weighted by Gasteiger charge is -2.21. The molecule has 0 radical (unpaired) electrons. The number of aliphatic hydroxyl groups is 1. The predicted molar refractivity (Wildman–Crippen MR) is 50.4 cm³/mol. The molecular weight excluding hydrogens is 231 g/mol. The Morgan fingerprint density at radius 2 is 1.93 bits per heavy atom. The van der Waals surface area contributed by atoms with E-state index in [1.165, 1.54) is 24.3 Å². The molecule has 0 aliphatic rings. The number of nitrogens with two attached hydrogens (primary N) is 1. The molecule has 3 N–H and O–H groups in total. The topological polar surface area (TPSA) is 46.2 Å². The quantitative estimate of drug-likeness (QED) is 0.832. The molecule has 0 spiro atoms. The Kier molecular flexibility index (Phi) is 3.59. The van der Waals surface area contributed by atoms with Gasteiger partial charge in [0.25, 0.3) is 0 Å². The second-order valence-electron chi connectivity index (χ2n) is 3.07. The molecule has 0 aliphatic heterocycles. The van der Waals surface area contributed by atoms with Crippen molar-refractivity contribution in [3.05, 3.63) is 34.9 Å². The lowest BCUT2D eigenvalue weighted by atomic mass is 10.0. The van der Waals surface area contributed by atoms with E-state index in [1.54, 1.807) is 0 Å². The molecule has 0 aliphatic carbocycles. The van der Waals surface area contributed by atoms with E-state index in [0.717, 1.165) is 0 Å². The lowest BCUT2D eigenvalue weighted by Crippen LogP contribution is -2.38. The Labute approximate surface area is 89.5 Å². The number of halogens is 4. The van der Waals surface area contributed by atoms with Crippen LogP contribution in [-0.4, -0.2) is 17.4 Å².